The number of benzene rings is 3. The van der Waals surface area contributed by atoms with Gasteiger partial charge in [0.2, 0.25) is 5.91 Å². The van der Waals surface area contributed by atoms with Crippen molar-refractivity contribution in [1.82, 2.24) is 4.90 Å². The quantitative estimate of drug-likeness (QED) is 0.438. The Kier molecular flexibility index (Phi) is 7.18. The zero-order valence-electron chi connectivity index (χ0n) is 19.1. The smallest absolute Gasteiger partial charge is 0.248 e. The van der Waals surface area contributed by atoms with E-state index in [1.807, 2.05) is 36.4 Å². The van der Waals surface area contributed by atoms with E-state index in [9.17, 15) is 4.79 Å². The number of nitrogens with zero attached hydrogens (tertiary/aromatic N) is 1. The van der Waals surface area contributed by atoms with Crippen LogP contribution in [0.5, 0.6) is 0 Å². The van der Waals surface area contributed by atoms with Gasteiger partial charge in [0.25, 0.3) is 0 Å². The van der Waals surface area contributed by atoms with Crippen LogP contribution < -0.4 is 5.32 Å². The van der Waals surface area contributed by atoms with Crippen molar-refractivity contribution >= 4 is 17.7 Å². The number of piperidine rings is 1. The van der Waals surface area contributed by atoms with Crippen LogP contribution in [-0.2, 0) is 4.79 Å². The lowest BCUT2D eigenvalue weighted by molar-refractivity contribution is -0.111. The van der Waals surface area contributed by atoms with Crippen LogP contribution in [0.1, 0.15) is 48.9 Å². The molecule has 0 aliphatic carbocycles. The van der Waals surface area contributed by atoms with E-state index < -0.39 is 0 Å². The number of likely N-dealkylation sites (tertiary alicyclic amines) is 1. The molecule has 1 aliphatic heterocycles. The number of nitrogens with one attached hydrogen (secondary N) is 1. The fourth-order valence-corrected chi connectivity index (χ4v) is 4.42. The first-order valence-electron chi connectivity index (χ1n) is 11.6. The molecule has 3 aromatic carbocycles. The average Bonchev–Trinajstić information content (AvgIpc) is 2.84. The Morgan fingerprint density at radius 1 is 0.938 bits per heavy atom. The number of carbonyl (C=O) groups excluding carboxylic acids is 1. The van der Waals surface area contributed by atoms with Gasteiger partial charge in [0.1, 0.15) is 0 Å². The molecule has 1 N–H and O–H groups in total. The number of rotatable bonds is 6. The number of carbonyl (C=O) groups is 1. The molecule has 164 valence electrons. The molecule has 1 unspecified atom stereocenters. The Bertz CT molecular complexity index is 1080. The van der Waals surface area contributed by atoms with Crippen molar-refractivity contribution in [3.05, 3.63) is 95.6 Å². The number of anilines is 1. The van der Waals surface area contributed by atoms with E-state index in [1.54, 1.807) is 6.08 Å². The van der Waals surface area contributed by atoms with E-state index in [1.165, 1.54) is 49.0 Å². The van der Waals surface area contributed by atoms with Crippen molar-refractivity contribution in [3.63, 3.8) is 0 Å². The van der Waals surface area contributed by atoms with Gasteiger partial charge in [0.05, 0.1) is 0 Å². The summed E-state index contributed by atoms with van der Waals surface area (Å²) in [6.45, 7) is 6.74. The van der Waals surface area contributed by atoms with Gasteiger partial charge >= 0.3 is 0 Å². The third kappa shape index (κ3) is 5.54. The molecule has 3 heteroatoms. The maximum absolute atomic E-state index is 12.5. The van der Waals surface area contributed by atoms with Crippen LogP contribution in [0.15, 0.2) is 78.9 Å². The lowest BCUT2D eigenvalue weighted by atomic mass is 9.99. The SMILES string of the molecule is Cc1ccccc1-c1cccc(/C=C/C(=O)Nc2ccc(C(C)N3CCCCC3)cc2)c1. The summed E-state index contributed by atoms with van der Waals surface area (Å²) in [5.41, 5.74) is 6.74. The summed E-state index contributed by atoms with van der Waals surface area (Å²) in [7, 11) is 0. The molecule has 1 heterocycles. The molecule has 0 radical (unpaired) electrons. The van der Waals surface area contributed by atoms with Crippen molar-refractivity contribution in [2.75, 3.05) is 18.4 Å². The Balaban J connectivity index is 1.37. The second-order valence-electron chi connectivity index (χ2n) is 8.66. The zero-order chi connectivity index (χ0) is 22.3. The maximum Gasteiger partial charge on any atom is 0.248 e. The van der Waals surface area contributed by atoms with Gasteiger partial charge in [-0.05, 0) is 91.9 Å². The molecule has 0 spiro atoms. The molecular formula is C29H32N2O. The molecule has 3 aromatic rings. The molecule has 1 atom stereocenters. The summed E-state index contributed by atoms with van der Waals surface area (Å²) >= 11 is 0. The van der Waals surface area contributed by atoms with Crippen LogP contribution >= 0.6 is 0 Å². The highest BCUT2D eigenvalue weighted by atomic mass is 16.1. The Hall–Kier alpha value is -3.17. The number of aryl methyl sites for hydroxylation is 1. The normalized spacial score (nSPS) is 15.6. The topological polar surface area (TPSA) is 32.3 Å². The maximum atomic E-state index is 12.5. The third-order valence-corrected chi connectivity index (χ3v) is 6.37. The highest BCUT2D eigenvalue weighted by Gasteiger charge is 2.17. The molecule has 1 aliphatic rings. The van der Waals surface area contributed by atoms with Crippen molar-refractivity contribution in [2.45, 2.75) is 39.2 Å². The molecule has 1 fully saturated rings. The van der Waals surface area contributed by atoms with E-state index in [2.05, 4.69) is 66.5 Å². The first kappa shape index (κ1) is 22.0. The van der Waals surface area contributed by atoms with Gasteiger partial charge in [-0.25, -0.2) is 0 Å². The van der Waals surface area contributed by atoms with Crippen molar-refractivity contribution in [1.29, 1.82) is 0 Å². The van der Waals surface area contributed by atoms with E-state index in [0.29, 0.717) is 6.04 Å². The monoisotopic (exact) mass is 424 g/mol. The fraction of sp³-hybridized carbons (Fsp3) is 0.276. The van der Waals surface area contributed by atoms with E-state index >= 15 is 0 Å². The predicted molar refractivity (Wildman–Crippen MR) is 135 cm³/mol. The highest BCUT2D eigenvalue weighted by molar-refractivity contribution is 6.02. The molecule has 4 rings (SSSR count). The van der Waals surface area contributed by atoms with Crippen molar-refractivity contribution in [3.8, 4) is 11.1 Å². The number of hydrogen-bond donors (Lipinski definition) is 1. The third-order valence-electron chi connectivity index (χ3n) is 6.37. The van der Waals surface area contributed by atoms with Gasteiger partial charge < -0.3 is 5.32 Å². The molecule has 0 saturated carbocycles. The number of amides is 1. The first-order chi connectivity index (χ1) is 15.6. The predicted octanol–water partition coefficient (Wildman–Crippen LogP) is 6.86. The zero-order valence-corrected chi connectivity index (χ0v) is 19.1. The second-order valence-corrected chi connectivity index (χ2v) is 8.66. The van der Waals surface area contributed by atoms with E-state index in [-0.39, 0.29) is 5.91 Å². The van der Waals surface area contributed by atoms with Gasteiger partial charge in [-0.3, -0.25) is 9.69 Å². The molecule has 0 bridgehead atoms. The van der Waals surface area contributed by atoms with Gasteiger partial charge in [0.15, 0.2) is 0 Å². The molecule has 1 saturated heterocycles. The van der Waals surface area contributed by atoms with E-state index in [0.717, 1.165) is 16.8 Å². The van der Waals surface area contributed by atoms with Crippen molar-refractivity contribution < 1.29 is 4.79 Å². The summed E-state index contributed by atoms with van der Waals surface area (Å²) in [6, 6.07) is 25.3. The van der Waals surface area contributed by atoms with Gasteiger partial charge in [0, 0.05) is 17.8 Å². The van der Waals surface area contributed by atoms with Gasteiger partial charge in [-0.15, -0.1) is 0 Å². The summed E-state index contributed by atoms with van der Waals surface area (Å²) < 4.78 is 0. The Morgan fingerprint density at radius 2 is 1.69 bits per heavy atom. The summed E-state index contributed by atoms with van der Waals surface area (Å²) in [5, 5.41) is 2.97. The lowest BCUT2D eigenvalue weighted by Gasteiger charge is -2.32. The van der Waals surface area contributed by atoms with Crippen molar-refractivity contribution in [2.24, 2.45) is 0 Å². The van der Waals surface area contributed by atoms with Crippen LogP contribution in [0, 0.1) is 6.92 Å². The van der Waals surface area contributed by atoms with Gasteiger partial charge in [-0.2, -0.15) is 0 Å². The lowest BCUT2D eigenvalue weighted by Crippen LogP contribution is -2.32. The second kappa shape index (κ2) is 10.4. The molecular weight excluding hydrogens is 392 g/mol. The Labute approximate surface area is 191 Å². The first-order valence-corrected chi connectivity index (χ1v) is 11.6. The average molecular weight is 425 g/mol. The largest absolute Gasteiger partial charge is 0.323 e. The Morgan fingerprint density at radius 3 is 2.44 bits per heavy atom. The minimum absolute atomic E-state index is 0.122. The molecule has 3 nitrogen and oxygen atoms in total. The van der Waals surface area contributed by atoms with Crippen LogP contribution in [0.4, 0.5) is 5.69 Å². The summed E-state index contributed by atoms with van der Waals surface area (Å²) in [4.78, 5) is 15.0. The highest BCUT2D eigenvalue weighted by Crippen LogP contribution is 2.26. The molecule has 0 aromatic heterocycles. The minimum Gasteiger partial charge on any atom is -0.323 e. The fourth-order valence-electron chi connectivity index (χ4n) is 4.42. The number of hydrogen-bond acceptors (Lipinski definition) is 2. The standard InChI is InChI=1S/C29H32N2O/c1-22-9-4-5-12-28(22)26-11-8-10-24(21-26)13-18-29(32)30-27-16-14-25(15-17-27)23(2)31-19-6-3-7-20-31/h4-5,8-18,21,23H,3,6-7,19-20H2,1-2H3,(H,30,32)/b18-13+. The molecule has 32 heavy (non-hydrogen) atoms. The summed E-state index contributed by atoms with van der Waals surface area (Å²) in [6.07, 6.45) is 7.39. The van der Waals surface area contributed by atoms with Crippen LogP contribution in [0.3, 0.4) is 0 Å². The van der Waals surface area contributed by atoms with Crippen LogP contribution in [-0.4, -0.2) is 23.9 Å². The van der Waals surface area contributed by atoms with Gasteiger partial charge in [-0.1, -0.05) is 61.0 Å². The minimum atomic E-state index is -0.122. The van der Waals surface area contributed by atoms with Crippen LogP contribution in [0.25, 0.3) is 17.2 Å². The van der Waals surface area contributed by atoms with E-state index in [4.69, 9.17) is 0 Å². The molecule has 1 amide bonds. The van der Waals surface area contributed by atoms with Crippen LogP contribution in [0.2, 0.25) is 0 Å². The summed E-state index contributed by atoms with van der Waals surface area (Å²) in [5.74, 6) is -0.122.